The zero-order valence-electron chi connectivity index (χ0n) is 13.0. The van der Waals surface area contributed by atoms with E-state index in [1.807, 2.05) is 36.1 Å². The molecule has 2 aromatic rings. The Kier molecular flexibility index (Phi) is 5.68. The summed E-state index contributed by atoms with van der Waals surface area (Å²) in [7, 11) is 0. The third-order valence-corrected chi connectivity index (χ3v) is 4.14. The van der Waals surface area contributed by atoms with Crippen molar-refractivity contribution in [1.82, 2.24) is 25.1 Å². The largest absolute Gasteiger partial charge is 0.334 e. The molecule has 0 bridgehead atoms. The van der Waals surface area contributed by atoms with Crippen molar-refractivity contribution in [2.75, 3.05) is 6.54 Å². The summed E-state index contributed by atoms with van der Waals surface area (Å²) in [5.74, 6) is 0.0465. The van der Waals surface area contributed by atoms with Gasteiger partial charge in [0.25, 0.3) is 5.91 Å². The van der Waals surface area contributed by atoms with Gasteiger partial charge >= 0.3 is 0 Å². The average Bonchev–Trinajstić information content (AvgIpc) is 3.09. The molecule has 2 N–H and O–H groups in total. The molecule has 1 aliphatic rings. The Morgan fingerprint density at radius 3 is 2.65 bits per heavy atom. The maximum absolute atomic E-state index is 12.7. The van der Waals surface area contributed by atoms with Gasteiger partial charge in [-0.1, -0.05) is 0 Å². The lowest BCUT2D eigenvalue weighted by atomic mass is 9.96. The van der Waals surface area contributed by atoms with E-state index in [2.05, 4.69) is 15.5 Å². The predicted molar refractivity (Wildman–Crippen MR) is 88.7 cm³/mol. The highest BCUT2D eigenvalue weighted by Gasteiger charge is 2.29. The number of carbonyl (C=O) groups is 1. The molecule has 2 heterocycles. The van der Waals surface area contributed by atoms with Crippen LogP contribution in [0.2, 0.25) is 0 Å². The maximum Gasteiger partial charge on any atom is 0.254 e. The number of nitrogens with two attached hydrogens (primary N) is 1. The van der Waals surface area contributed by atoms with Crippen LogP contribution in [0, 0.1) is 0 Å². The first-order valence-electron chi connectivity index (χ1n) is 7.57. The van der Waals surface area contributed by atoms with Crippen LogP contribution < -0.4 is 5.73 Å². The fourth-order valence-corrected chi connectivity index (χ4v) is 2.96. The second-order valence-corrected chi connectivity index (χ2v) is 5.72. The predicted octanol–water partition coefficient (Wildman–Crippen LogP) is 1.43. The lowest BCUT2D eigenvalue weighted by molar-refractivity contribution is 0.0584. The highest BCUT2D eigenvalue weighted by Crippen LogP contribution is 2.22. The van der Waals surface area contributed by atoms with Crippen LogP contribution in [-0.4, -0.2) is 49.6 Å². The molecule has 1 fully saturated rings. The third-order valence-electron chi connectivity index (χ3n) is 4.14. The number of carbonyl (C=O) groups excluding carboxylic acids is 1. The second-order valence-electron chi connectivity index (χ2n) is 5.72. The summed E-state index contributed by atoms with van der Waals surface area (Å²) in [6.07, 6.45) is 4.67. The molecule has 2 unspecified atom stereocenters. The number of rotatable bonds is 3. The minimum atomic E-state index is -0.00949. The van der Waals surface area contributed by atoms with Gasteiger partial charge in [0.2, 0.25) is 0 Å². The Morgan fingerprint density at radius 1 is 1.30 bits per heavy atom. The standard InChI is InChI=1S/C15H20N6O.ClH/c1-11(16)14-4-2-3-9-20(14)15(22)12-5-7-13(8-6-12)21-10-17-18-19-21;/h5-8,10-11,14H,2-4,9,16H2,1H3;1H. The minimum absolute atomic E-state index is 0. The van der Waals surface area contributed by atoms with Crippen LogP contribution in [0.25, 0.3) is 5.69 Å². The number of piperidine rings is 1. The van der Waals surface area contributed by atoms with Crippen molar-refractivity contribution in [1.29, 1.82) is 0 Å². The van der Waals surface area contributed by atoms with E-state index >= 15 is 0 Å². The smallest absolute Gasteiger partial charge is 0.254 e. The minimum Gasteiger partial charge on any atom is -0.334 e. The molecular weight excluding hydrogens is 316 g/mol. The number of likely N-dealkylation sites (tertiary alicyclic amines) is 1. The SMILES string of the molecule is CC(N)C1CCCCN1C(=O)c1ccc(-n2cnnn2)cc1.Cl. The summed E-state index contributed by atoms with van der Waals surface area (Å²) in [5.41, 5.74) is 7.54. The zero-order valence-corrected chi connectivity index (χ0v) is 13.8. The van der Waals surface area contributed by atoms with Gasteiger partial charge in [-0.15, -0.1) is 17.5 Å². The molecule has 7 nitrogen and oxygen atoms in total. The Morgan fingerprint density at radius 2 is 2.04 bits per heavy atom. The van der Waals surface area contributed by atoms with Crippen LogP contribution in [0.3, 0.4) is 0 Å². The summed E-state index contributed by atoms with van der Waals surface area (Å²) < 4.78 is 1.56. The molecule has 124 valence electrons. The normalized spacial score (nSPS) is 19.0. The summed E-state index contributed by atoms with van der Waals surface area (Å²) in [5, 5.41) is 11.0. The first kappa shape index (κ1) is 17.4. The van der Waals surface area contributed by atoms with Crippen LogP contribution in [0.1, 0.15) is 36.5 Å². The first-order valence-corrected chi connectivity index (χ1v) is 7.57. The van der Waals surface area contributed by atoms with Crippen molar-refractivity contribution in [3.63, 3.8) is 0 Å². The molecule has 0 saturated carbocycles. The van der Waals surface area contributed by atoms with E-state index in [-0.39, 0.29) is 30.4 Å². The van der Waals surface area contributed by atoms with E-state index in [1.54, 1.807) is 4.68 Å². The van der Waals surface area contributed by atoms with Crippen LogP contribution >= 0.6 is 12.4 Å². The quantitative estimate of drug-likeness (QED) is 0.915. The van der Waals surface area contributed by atoms with Crippen molar-refractivity contribution in [2.24, 2.45) is 5.73 Å². The number of halogens is 1. The van der Waals surface area contributed by atoms with Gasteiger partial charge in [-0.2, -0.15) is 0 Å². The van der Waals surface area contributed by atoms with E-state index in [1.165, 1.54) is 6.33 Å². The fourth-order valence-electron chi connectivity index (χ4n) is 2.96. The van der Waals surface area contributed by atoms with Gasteiger partial charge in [0.05, 0.1) is 5.69 Å². The Bertz CT molecular complexity index is 628. The number of hydrogen-bond donors (Lipinski definition) is 1. The number of aromatic nitrogens is 4. The number of tetrazole rings is 1. The molecule has 3 rings (SSSR count). The van der Waals surface area contributed by atoms with E-state index in [9.17, 15) is 4.79 Å². The topological polar surface area (TPSA) is 89.9 Å². The maximum atomic E-state index is 12.7. The molecule has 0 radical (unpaired) electrons. The van der Waals surface area contributed by atoms with E-state index in [0.29, 0.717) is 5.56 Å². The summed E-state index contributed by atoms with van der Waals surface area (Å²) in [4.78, 5) is 14.7. The highest BCUT2D eigenvalue weighted by atomic mass is 35.5. The fraction of sp³-hybridized carbons (Fsp3) is 0.467. The number of hydrogen-bond acceptors (Lipinski definition) is 5. The first-order chi connectivity index (χ1) is 10.7. The monoisotopic (exact) mass is 336 g/mol. The number of amides is 1. The number of nitrogens with zero attached hydrogens (tertiary/aromatic N) is 5. The number of benzene rings is 1. The van der Waals surface area contributed by atoms with Gasteiger partial charge < -0.3 is 10.6 Å². The Labute approximate surface area is 141 Å². The molecule has 1 amide bonds. The van der Waals surface area contributed by atoms with Crippen molar-refractivity contribution < 1.29 is 4.79 Å². The molecule has 8 heteroatoms. The van der Waals surface area contributed by atoms with Crippen LogP contribution in [0.4, 0.5) is 0 Å². The van der Waals surface area contributed by atoms with Gasteiger partial charge in [-0.05, 0) is 60.9 Å². The van der Waals surface area contributed by atoms with E-state index in [0.717, 1.165) is 31.5 Å². The van der Waals surface area contributed by atoms with Crippen molar-refractivity contribution >= 4 is 18.3 Å². The van der Waals surface area contributed by atoms with Crippen LogP contribution in [0.5, 0.6) is 0 Å². The zero-order chi connectivity index (χ0) is 15.5. The molecule has 1 aromatic carbocycles. The Balaban J connectivity index is 0.00000192. The lowest BCUT2D eigenvalue weighted by Gasteiger charge is -2.38. The van der Waals surface area contributed by atoms with Gasteiger partial charge in [0, 0.05) is 24.2 Å². The summed E-state index contributed by atoms with van der Waals surface area (Å²) in [6.45, 7) is 2.75. The molecular formula is C15H21ClN6O. The summed E-state index contributed by atoms with van der Waals surface area (Å²) >= 11 is 0. The van der Waals surface area contributed by atoms with Crippen LogP contribution in [0.15, 0.2) is 30.6 Å². The van der Waals surface area contributed by atoms with Gasteiger partial charge in [-0.25, -0.2) is 4.68 Å². The third kappa shape index (κ3) is 3.68. The van der Waals surface area contributed by atoms with E-state index < -0.39 is 0 Å². The van der Waals surface area contributed by atoms with Crippen LogP contribution in [-0.2, 0) is 0 Å². The molecule has 2 atom stereocenters. The molecule has 1 aromatic heterocycles. The molecule has 0 spiro atoms. The Hall–Kier alpha value is -1.99. The molecule has 23 heavy (non-hydrogen) atoms. The van der Waals surface area contributed by atoms with Crippen molar-refractivity contribution in [3.8, 4) is 5.69 Å². The van der Waals surface area contributed by atoms with Gasteiger partial charge in [-0.3, -0.25) is 4.79 Å². The lowest BCUT2D eigenvalue weighted by Crippen LogP contribution is -2.51. The summed E-state index contributed by atoms with van der Waals surface area (Å²) in [6, 6.07) is 7.42. The average molecular weight is 337 g/mol. The molecule has 0 aliphatic carbocycles. The molecule has 1 aliphatic heterocycles. The highest BCUT2D eigenvalue weighted by molar-refractivity contribution is 5.94. The van der Waals surface area contributed by atoms with Gasteiger partial charge in [0.1, 0.15) is 6.33 Å². The van der Waals surface area contributed by atoms with Crippen molar-refractivity contribution in [2.45, 2.75) is 38.3 Å². The second kappa shape index (κ2) is 7.52. The molecule has 1 saturated heterocycles. The van der Waals surface area contributed by atoms with Crippen molar-refractivity contribution in [3.05, 3.63) is 36.2 Å². The van der Waals surface area contributed by atoms with Gasteiger partial charge in [0.15, 0.2) is 0 Å². The van der Waals surface area contributed by atoms with E-state index in [4.69, 9.17) is 5.73 Å².